The van der Waals surface area contributed by atoms with Crippen molar-refractivity contribution < 1.29 is 4.79 Å². The summed E-state index contributed by atoms with van der Waals surface area (Å²) < 4.78 is 0. The lowest BCUT2D eigenvalue weighted by atomic mass is 10.2. The van der Waals surface area contributed by atoms with Crippen LogP contribution < -0.4 is 16.0 Å². The van der Waals surface area contributed by atoms with Gasteiger partial charge in [0, 0.05) is 19.5 Å². The molecule has 0 aliphatic rings. The van der Waals surface area contributed by atoms with Crippen LogP contribution in [0.5, 0.6) is 0 Å². The van der Waals surface area contributed by atoms with Gasteiger partial charge in [-0.1, -0.05) is 20.3 Å². The van der Waals surface area contributed by atoms with E-state index in [9.17, 15) is 4.79 Å². The van der Waals surface area contributed by atoms with E-state index in [0.29, 0.717) is 6.42 Å². The van der Waals surface area contributed by atoms with Gasteiger partial charge in [0.15, 0.2) is 0 Å². The monoisotopic (exact) mass is 257 g/mol. The minimum absolute atomic E-state index is 0.160. The molecule has 0 aromatic heterocycles. The highest BCUT2D eigenvalue weighted by Crippen LogP contribution is 1.92. The zero-order chi connectivity index (χ0) is 13.5. The van der Waals surface area contributed by atoms with Gasteiger partial charge in [-0.2, -0.15) is 0 Å². The second-order valence-corrected chi connectivity index (χ2v) is 4.66. The third-order valence-electron chi connectivity index (χ3n) is 2.73. The number of hydrogen-bond acceptors (Lipinski definition) is 3. The van der Waals surface area contributed by atoms with Crippen LogP contribution in [-0.2, 0) is 4.79 Å². The zero-order valence-electron chi connectivity index (χ0n) is 12.2. The number of nitrogens with one attached hydrogen (secondary N) is 3. The Morgan fingerprint density at radius 1 is 0.778 bits per heavy atom. The second-order valence-electron chi connectivity index (χ2n) is 4.66. The van der Waals surface area contributed by atoms with E-state index in [1.54, 1.807) is 0 Å². The van der Waals surface area contributed by atoms with Crippen LogP contribution >= 0.6 is 0 Å². The highest BCUT2D eigenvalue weighted by atomic mass is 16.1. The molecule has 0 aliphatic carbocycles. The van der Waals surface area contributed by atoms with Crippen LogP contribution in [0.1, 0.15) is 52.4 Å². The van der Waals surface area contributed by atoms with Gasteiger partial charge < -0.3 is 16.0 Å². The van der Waals surface area contributed by atoms with Crippen molar-refractivity contribution in [1.82, 2.24) is 16.0 Å². The standard InChI is InChI=1S/C14H31N3O/c1-3-9-15-11-6-5-7-12-16-13-8-14(18)17-10-4-2/h15-16H,3-13H2,1-2H3,(H,17,18). The van der Waals surface area contributed by atoms with Crippen molar-refractivity contribution in [2.45, 2.75) is 52.4 Å². The number of carbonyl (C=O) groups is 1. The van der Waals surface area contributed by atoms with Gasteiger partial charge in [-0.25, -0.2) is 0 Å². The van der Waals surface area contributed by atoms with Crippen molar-refractivity contribution in [3.8, 4) is 0 Å². The molecule has 4 nitrogen and oxygen atoms in total. The summed E-state index contributed by atoms with van der Waals surface area (Å²) in [5.74, 6) is 0.160. The average molecular weight is 257 g/mol. The summed E-state index contributed by atoms with van der Waals surface area (Å²) in [6.45, 7) is 9.13. The fraction of sp³-hybridized carbons (Fsp3) is 0.929. The molecular weight excluding hydrogens is 226 g/mol. The molecular formula is C14H31N3O. The molecule has 0 aromatic carbocycles. The van der Waals surface area contributed by atoms with Crippen molar-refractivity contribution in [1.29, 1.82) is 0 Å². The quantitative estimate of drug-likeness (QED) is 0.440. The van der Waals surface area contributed by atoms with Crippen LogP contribution in [0.2, 0.25) is 0 Å². The van der Waals surface area contributed by atoms with E-state index in [1.165, 1.54) is 25.7 Å². The van der Waals surface area contributed by atoms with Gasteiger partial charge in [-0.05, 0) is 45.3 Å². The van der Waals surface area contributed by atoms with Crippen molar-refractivity contribution in [3.05, 3.63) is 0 Å². The van der Waals surface area contributed by atoms with Gasteiger partial charge in [0.05, 0.1) is 0 Å². The predicted octanol–water partition coefficient (Wildman–Crippen LogP) is 1.66. The maximum Gasteiger partial charge on any atom is 0.221 e. The number of unbranched alkanes of at least 4 members (excludes halogenated alkanes) is 2. The van der Waals surface area contributed by atoms with Gasteiger partial charge in [0.2, 0.25) is 5.91 Å². The Bertz CT molecular complexity index is 186. The second kappa shape index (κ2) is 14.5. The molecule has 0 aromatic rings. The van der Waals surface area contributed by atoms with E-state index in [0.717, 1.165) is 39.1 Å². The van der Waals surface area contributed by atoms with Gasteiger partial charge >= 0.3 is 0 Å². The Kier molecular flexibility index (Phi) is 14.0. The minimum atomic E-state index is 0.160. The first-order valence-electron chi connectivity index (χ1n) is 7.49. The maximum absolute atomic E-state index is 11.3. The SMILES string of the molecule is CCCNCCCCCNCCC(=O)NCCC. The van der Waals surface area contributed by atoms with Gasteiger partial charge in [-0.3, -0.25) is 4.79 Å². The molecule has 1 amide bonds. The number of hydrogen-bond donors (Lipinski definition) is 3. The number of carbonyl (C=O) groups excluding carboxylic acids is 1. The molecule has 0 bridgehead atoms. The fourth-order valence-electron chi connectivity index (χ4n) is 1.66. The minimum Gasteiger partial charge on any atom is -0.356 e. The molecule has 0 radical (unpaired) electrons. The van der Waals surface area contributed by atoms with Crippen LogP contribution in [0.3, 0.4) is 0 Å². The van der Waals surface area contributed by atoms with Gasteiger partial charge in [0.25, 0.3) is 0 Å². The largest absolute Gasteiger partial charge is 0.356 e. The third kappa shape index (κ3) is 13.5. The Morgan fingerprint density at radius 2 is 1.39 bits per heavy atom. The molecule has 0 rings (SSSR count). The number of amides is 1. The molecule has 0 fully saturated rings. The van der Waals surface area contributed by atoms with Gasteiger partial charge in [-0.15, -0.1) is 0 Å². The first kappa shape index (κ1) is 17.4. The maximum atomic E-state index is 11.3. The van der Waals surface area contributed by atoms with Crippen LogP contribution in [0.25, 0.3) is 0 Å². The zero-order valence-corrected chi connectivity index (χ0v) is 12.2. The van der Waals surface area contributed by atoms with Crippen molar-refractivity contribution in [2.75, 3.05) is 32.7 Å². The van der Waals surface area contributed by atoms with E-state index in [2.05, 4.69) is 29.8 Å². The Balaban J connectivity index is 3.04. The van der Waals surface area contributed by atoms with Crippen molar-refractivity contribution >= 4 is 5.91 Å². The molecule has 0 saturated heterocycles. The molecule has 0 unspecified atom stereocenters. The summed E-state index contributed by atoms with van der Waals surface area (Å²) in [4.78, 5) is 11.3. The molecule has 4 heteroatoms. The molecule has 0 spiro atoms. The summed E-state index contributed by atoms with van der Waals surface area (Å²) in [5.41, 5.74) is 0. The van der Waals surface area contributed by atoms with Crippen molar-refractivity contribution in [3.63, 3.8) is 0 Å². The van der Waals surface area contributed by atoms with E-state index >= 15 is 0 Å². The van der Waals surface area contributed by atoms with Crippen LogP contribution in [0.4, 0.5) is 0 Å². The van der Waals surface area contributed by atoms with Crippen LogP contribution in [0.15, 0.2) is 0 Å². The highest BCUT2D eigenvalue weighted by molar-refractivity contribution is 5.75. The summed E-state index contributed by atoms with van der Waals surface area (Å²) in [5, 5.41) is 9.59. The topological polar surface area (TPSA) is 53.2 Å². The fourth-order valence-corrected chi connectivity index (χ4v) is 1.66. The van der Waals surface area contributed by atoms with Crippen molar-refractivity contribution in [2.24, 2.45) is 0 Å². The summed E-state index contributed by atoms with van der Waals surface area (Å²) >= 11 is 0. The molecule has 3 N–H and O–H groups in total. The van der Waals surface area contributed by atoms with E-state index in [1.807, 2.05) is 0 Å². The smallest absolute Gasteiger partial charge is 0.221 e. The molecule has 108 valence electrons. The van der Waals surface area contributed by atoms with E-state index in [4.69, 9.17) is 0 Å². The Labute approximate surface area is 112 Å². The summed E-state index contributed by atoms with van der Waals surface area (Å²) in [7, 11) is 0. The van der Waals surface area contributed by atoms with Gasteiger partial charge in [0.1, 0.15) is 0 Å². The van der Waals surface area contributed by atoms with Crippen LogP contribution in [0, 0.1) is 0 Å². The molecule has 0 aliphatic heterocycles. The Morgan fingerprint density at radius 3 is 2.00 bits per heavy atom. The third-order valence-corrected chi connectivity index (χ3v) is 2.73. The average Bonchev–Trinajstić information content (AvgIpc) is 2.38. The number of rotatable bonds is 13. The predicted molar refractivity (Wildman–Crippen MR) is 77.8 cm³/mol. The lowest BCUT2D eigenvalue weighted by Gasteiger charge is -2.06. The van der Waals surface area contributed by atoms with E-state index < -0.39 is 0 Å². The first-order chi connectivity index (χ1) is 8.81. The molecule has 18 heavy (non-hydrogen) atoms. The summed E-state index contributed by atoms with van der Waals surface area (Å²) in [6, 6.07) is 0. The molecule has 0 heterocycles. The highest BCUT2D eigenvalue weighted by Gasteiger charge is 1.98. The van der Waals surface area contributed by atoms with Crippen LogP contribution in [-0.4, -0.2) is 38.6 Å². The summed E-state index contributed by atoms with van der Waals surface area (Å²) in [6.07, 6.45) is 6.51. The Hall–Kier alpha value is -0.610. The first-order valence-corrected chi connectivity index (χ1v) is 7.49. The molecule has 0 atom stereocenters. The lowest BCUT2D eigenvalue weighted by molar-refractivity contribution is -0.120. The lowest BCUT2D eigenvalue weighted by Crippen LogP contribution is -2.28. The normalized spacial score (nSPS) is 10.6. The molecule has 0 saturated carbocycles. The van der Waals surface area contributed by atoms with E-state index in [-0.39, 0.29) is 5.91 Å².